The van der Waals surface area contributed by atoms with Gasteiger partial charge in [0.15, 0.2) is 0 Å². The molecule has 6 nitrogen and oxygen atoms in total. The van der Waals surface area contributed by atoms with Crippen molar-refractivity contribution in [1.82, 2.24) is 15.0 Å². The van der Waals surface area contributed by atoms with Crippen molar-refractivity contribution in [1.29, 1.82) is 0 Å². The summed E-state index contributed by atoms with van der Waals surface area (Å²) in [6, 6.07) is 19.0. The smallest absolute Gasteiger partial charge is 0.229 e. The lowest BCUT2D eigenvalue weighted by atomic mass is 10.1. The number of likely N-dealkylation sites (N-methyl/N-ethyl adjacent to an activating group) is 1. The van der Waals surface area contributed by atoms with Crippen molar-refractivity contribution >= 4 is 34.2 Å². The second kappa shape index (κ2) is 10.2. The van der Waals surface area contributed by atoms with Crippen LogP contribution in [0.25, 0.3) is 10.9 Å². The van der Waals surface area contributed by atoms with Gasteiger partial charge in [-0.15, -0.1) is 0 Å². The SMILES string of the molecule is CCN(CCc1c[nH]c2ccccc12)c1nc(Nc2ccc(C)cc2)cc(N2CCCCC2)n1. The third-order valence-corrected chi connectivity index (χ3v) is 6.70. The molecule has 0 bridgehead atoms. The fourth-order valence-corrected chi connectivity index (χ4v) is 4.69. The molecule has 34 heavy (non-hydrogen) atoms. The Morgan fingerprint density at radius 2 is 1.79 bits per heavy atom. The molecule has 1 saturated heterocycles. The van der Waals surface area contributed by atoms with Gasteiger partial charge >= 0.3 is 0 Å². The first kappa shape index (κ1) is 22.3. The number of hydrogen-bond acceptors (Lipinski definition) is 5. The molecule has 2 aromatic heterocycles. The van der Waals surface area contributed by atoms with E-state index in [1.807, 2.05) is 0 Å². The molecule has 0 aliphatic carbocycles. The van der Waals surface area contributed by atoms with Crippen molar-refractivity contribution < 1.29 is 0 Å². The third-order valence-electron chi connectivity index (χ3n) is 6.70. The Labute approximate surface area is 202 Å². The van der Waals surface area contributed by atoms with Crippen LogP contribution in [0, 0.1) is 6.92 Å². The number of aromatic amines is 1. The molecule has 0 amide bonds. The number of hydrogen-bond donors (Lipinski definition) is 2. The number of aryl methyl sites for hydroxylation is 1. The summed E-state index contributed by atoms with van der Waals surface area (Å²) >= 11 is 0. The summed E-state index contributed by atoms with van der Waals surface area (Å²) in [6.07, 6.45) is 6.81. The fourth-order valence-electron chi connectivity index (χ4n) is 4.69. The molecule has 1 aliphatic heterocycles. The number of H-pyrrole nitrogens is 1. The van der Waals surface area contributed by atoms with E-state index in [0.717, 1.165) is 55.9 Å². The molecule has 0 unspecified atom stereocenters. The predicted molar refractivity (Wildman–Crippen MR) is 142 cm³/mol. The number of para-hydroxylation sites is 1. The second-order valence-electron chi connectivity index (χ2n) is 9.14. The minimum Gasteiger partial charge on any atom is -0.361 e. The molecular weight excluding hydrogens is 420 g/mol. The lowest BCUT2D eigenvalue weighted by Crippen LogP contribution is -2.32. The summed E-state index contributed by atoms with van der Waals surface area (Å²) in [5.41, 5.74) is 4.81. The van der Waals surface area contributed by atoms with Crippen LogP contribution in [0.3, 0.4) is 0 Å². The minimum atomic E-state index is 0.792. The second-order valence-corrected chi connectivity index (χ2v) is 9.14. The normalized spacial score (nSPS) is 13.9. The summed E-state index contributed by atoms with van der Waals surface area (Å²) in [6.45, 7) is 8.12. The van der Waals surface area contributed by atoms with Gasteiger partial charge in [-0.05, 0) is 63.3 Å². The van der Waals surface area contributed by atoms with Crippen LogP contribution in [0.4, 0.5) is 23.3 Å². The molecule has 1 aliphatic rings. The summed E-state index contributed by atoms with van der Waals surface area (Å²) in [5, 5.41) is 4.81. The summed E-state index contributed by atoms with van der Waals surface area (Å²) in [4.78, 5) is 18.1. The molecular formula is C28H34N6. The molecule has 0 spiro atoms. The van der Waals surface area contributed by atoms with Crippen LogP contribution >= 0.6 is 0 Å². The van der Waals surface area contributed by atoms with E-state index >= 15 is 0 Å². The lowest BCUT2D eigenvalue weighted by Gasteiger charge is -2.29. The van der Waals surface area contributed by atoms with Crippen LogP contribution in [0.5, 0.6) is 0 Å². The zero-order valence-corrected chi connectivity index (χ0v) is 20.2. The minimum absolute atomic E-state index is 0.792. The molecule has 1 fully saturated rings. The number of nitrogens with zero attached hydrogens (tertiary/aromatic N) is 4. The maximum Gasteiger partial charge on any atom is 0.229 e. The van der Waals surface area contributed by atoms with Crippen molar-refractivity contribution in [3.05, 3.63) is 71.9 Å². The number of anilines is 4. The van der Waals surface area contributed by atoms with Crippen LogP contribution in [0.1, 0.15) is 37.3 Å². The molecule has 0 atom stereocenters. The van der Waals surface area contributed by atoms with E-state index in [1.165, 1.54) is 41.3 Å². The highest BCUT2D eigenvalue weighted by Gasteiger charge is 2.18. The molecule has 6 heteroatoms. The van der Waals surface area contributed by atoms with Gasteiger partial charge in [-0.3, -0.25) is 0 Å². The molecule has 4 aromatic rings. The van der Waals surface area contributed by atoms with Crippen molar-refractivity contribution in [2.24, 2.45) is 0 Å². The van der Waals surface area contributed by atoms with E-state index in [-0.39, 0.29) is 0 Å². The average molecular weight is 455 g/mol. The Kier molecular flexibility index (Phi) is 6.65. The molecule has 3 heterocycles. The van der Waals surface area contributed by atoms with Gasteiger partial charge in [-0.2, -0.15) is 9.97 Å². The van der Waals surface area contributed by atoms with E-state index in [0.29, 0.717) is 0 Å². The first-order chi connectivity index (χ1) is 16.7. The van der Waals surface area contributed by atoms with Crippen LogP contribution in [0.2, 0.25) is 0 Å². The van der Waals surface area contributed by atoms with Crippen LogP contribution < -0.4 is 15.1 Å². The van der Waals surface area contributed by atoms with Crippen molar-refractivity contribution in [2.75, 3.05) is 41.3 Å². The predicted octanol–water partition coefficient (Wildman–Crippen LogP) is 6.07. The molecule has 176 valence electrons. The van der Waals surface area contributed by atoms with Gasteiger partial charge in [0.2, 0.25) is 5.95 Å². The van der Waals surface area contributed by atoms with E-state index < -0.39 is 0 Å². The number of benzene rings is 2. The van der Waals surface area contributed by atoms with E-state index in [9.17, 15) is 0 Å². The Morgan fingerprint density at radius 3 is 2.59 bits per heavy atom. The largest absolute Gasteiger partial charge is 0.361 e. The highest BCUT2D eigenvalue weighted by molar-refractivity contribution is 5.83. The highest BCUT2D eigenvalue weighted by atomic mass is 15.3. The van der Waals surface area contributed by atoms with E-state index in [1.54, 1.807) is 0 Å². The number of fused-ring (bicyclic) bond motifs is 1. The van der Waals surface area contributed by atoms with Gasteiger partial charge in [0, 0.05) is 55.0 Å². The number of aromatic nitrogens is 3. The average Bonchev–Trinajstić information content (AvgIpc) is 3.29. The van der Waals surface area contributed by atoms with Crippen molar-refractivity contribution in [3.8, 4) is 0 Å². The molecule has 5 rings (SSSR count). The monoisotopic (exact) mass is 454 g/mol. The van der Waals surface area contributed by atoms with Gasteiger partial charge in [0.1, 0.15) is 11.6 Å². The van der Waals surface area contributed by atoms with Gasteiger partial charge in [-0.25, -0.2) is 0 Å². The Morgan fingerprint density at radius 1 is 1.00 bits per heavy atom. The summed E-state index contributed by atoms with van der Waals surface area (Å²) < 4.78 is 0. The topological polar surface area (TPSA) is 60.1 Å². The fraction of sp³-hybridized carbons (Fsp3) is 0.357. The Balaban J connectivity index is 1.41. The molecule has 2 aromatic carbocycles. The zero-order valence-electron chi connectivity index (χ0n) is 20.2. The van der Waals surface area contributed by atoms with E-state index in [4.69, 9.17) is 9.97 Å². The number of piperidine rings is 1. The molecule has 0 radical (unpaired) electrons. The van der Waals surface area contributed by atoms with Crippen LogP contribution in [-0.4, -0.2) is 41.1 Å². The number of rotatable bonds is 8. The van der Waals surface area contributed by atoms with Crippen molar-refractivity contribution in [3.63, 3.8) is 0 Å². The first-order valence-electron chi connectivity index (χ1n) is 12.5. The maximum atomic E-state index is 5.04. The Bertz CT molecular complexity index is 1220. The zero-order chi connectivity index (χ0) is 23.3. The lowest BCUT2D eigenvalue weighted by molar-refractivity contribution is 0.573. The van der Waals surface area contributed by atoms with Gasteiger partial charge in [-0.1, -0.05) is 35.9 Å². The maximum absolute atomic E-state index is 5.04. The Hall–Kier alpha value is -3.54. The molecule has 2 N–H and O–H groups in total. The van der Waals surface area contributed by atoms with Crippen molar-refractivity contribution in [2.45, 2.75) is 39.5 Å². The van der Waals surface area contributed by atoms with Gasteiger partial charge in [0.25, 0.3) is 0 Å². The first-order valence-corrected chi connectivity index (χ1v) is 12.5. The molecule has 0 saturated carbocycles. The van der Waals surface area contributed by atoms with Crippen LogP contribution in [-0.2, 0) is 6.42 Å². The van der Waals surface area contributed by atoms with Crippen LogP contribution in [0.15, 0.2) is 60.8 Å². The third kappa shape index (κ3) is 5.01. The standard InChI is InChI=1S/C28H34N6/c1-3-33(18-15-22-20-29-25-10-6-5-9-24(22)25)28-31-26(30-23-13-11-21(2)12-14-23)19-27(32-28)34-16-7-4-8-17-34/h5-6,9-14,19-20,29H,3-4,7-8,15-18H2,1-2H3,(H,30,31,32). The van der Waals surface area contributed by atoms with Gasteiger partial charge < -0.3 is 20.1 Å². The quantitative estimate of drug-likeness (QED) is 0.338. The highest BCUT2D eigenvalue weighted by Crippen LogP contribution is 2.26. The number of nitrogens with one attached hydrogen (secondary N) is 2. The summed E-state index contributed by atoms with van der Waals surface area (Å²) in [7, 11) is 0. The van der Waals surface area contributed by atoms with Gasteiger partial charge in [0.05, 0.1) is 0 Å². The van der Waals surface area contributed by atoms with E-state index in [2.05, 4.69) is 94.7 Å². The summed E-state index contributed by atoms with van der Waals surface area (Å²) in [5.74, 6) is 2.66.